The van der Waals surface area contributed by atoms with Crippen LogP contribution < -0.4 is 15.4 Å². The molecule has 0 saturated carbocycles. The van der Waals surface area contributed by atoms with E-state index in [9.17, 15) is 9.59 Å². The molecule has 2 aliphatic heterocycles. The van der Waals surface area contributed by atoms with E-state index < -0.39 is 0 Å². The molecular formula is C40H30N10O3S2. The first-order valence-electron chi connectivity index (χ1n) is 16.8. The fourth-order valence-electron chi connectivity index (χ4n) is 5.80. The van der Waals surface area contributed by atoms with Crippen molar-refractivity contribution in [3.8, 4) is 49.5 Å². The fraction of sp³-hybridized carbons (Fsp3) is 0.0500. The minimum absolute atomic E-state index is 0.0536. The van der Waals surface area contributed by atoms with E-state index in [4.69, 9.17) is 9.72 Å². The van der Waals surface area contributed by atoms with Gasteiger partial charge in [-0.1, -0.05) is 12.1 Å². The molecule has 0 atom stereocenters. The summed E-state index contributed by atoms with van der Waals surface area (Å²) in [6, 6.07) is 19.7. The van der Waals surface area contributed by atoms with Gasteiger partial charge in [0.1, 0.15) is 10.0 Å². The number of fused-ring (bicyclic) bond motifs is 2. The fourth-order valence-corrected chi connectivity index (χ4v) is 7.47. The molecule has 10 rings (SSSR count). The second-order valence-electron chi connectivity index (χ2n) is 12.0. The number of carbonyl (C=O) groups excluding carboxylic acids is 2. The number of nitrogens with zero attached hydrogens (tertiary/aromatic N) is 6. The first kappa shape index (κ1) is 35.0. The van der Waals surface area contributed by atoms with Gasteiger partial charge in [0.15, 0.2) is 0 Å². The molecule has 0 radical (unpaired) electrons. The molecule has 0 saturated heterocycles. The molecule has 2 aliphatic rings. The van der Waals surface area contributed by atoms with Crippen LogP contribution in [0.1, 0.15) is 16.8 Å². The molecule has 0 unspecified atom stereocenters. The Labute approximate surface area is 322 Å². The molecule has 6 aromatic heterocycles. The van der Waals surface area contributed by atoms with E-state index in [1.807, 2.05) is 71.4 Å². The summed E-state index contributed by atoms with van der Waals surface area (Å²) >= 11 is 3.20. The number of carbonyl (C=O) groups is 2. The van der Waals surface area contributed by atoms with Crippen LogP contribution in [-0.4, -0.2) is 58.8 Å². The van der Waals surface area contributed by atoms with Gasteiger partial charge in [-0.25, -0.2) is 19.9 Å². The highest BCUT2D eigenvalue weighted by atomic mass is 32.1. The van der Waals surface area contributed by atoms with Gasteiger partial charge in [-0.3, -0.25) is 19.6 Å². The zero-order valence-corrected chi connectivity index (χ0v) is 30.7. The normalized spacial score (nSPS) is 13.1. The van der Waals surface area contributed by atoms with Crippen molar-refractivity contribution in [1.29, 1.82) is 0 Å². The number of ether oxygens (including phenoxy) is 1. The third-order valence-electron chi connectivity index (χ3n) is 8.50. The molecule has 0 aliphatic carbocycles. The summed E-state index contributed by atoms with van der Waals surface area (Å²) in [5, 5.41) is 11.7. The second-order valence-corrected chi connectivity index (χ2v) is 13.8. The highest BCUT2D eigenvalue weighted by Crippen LogP contribution is 2.37. The van der Waals surface area contributed by atoms with Crippen LogP contribution in [0.15, 0.2) is 121 Å². The summed E-state index contributed by atoms with van der Waals surface area (Å²) in [5.74, 6) is 0.630. The van der Waals surface area contributed by atoms with Crippen molar-refractivity contribution >= 4 is 57.5 Å². The highest BCUT2D eigenvalue weighted by Gasteiger charge is 2.25. The number of amides is 2. The Morgan fingerprint density at radius 1 is 0.673 bits per heavy atom. The summed E-state index contributed by atoms with van der Waals surface area (Å²) in [6.45, 7) is 0. The number of aromatic amines is 2. The predicted octanol–water partition coefficient (Wildman–Crippen LogP) is 7.87. The first-order chi connectivity index (χ1) is 27.0. The number of anilines is 2. The van der Waals surface area contributed by atoms with Gasteiger partial charge in [-0.05, 0) is 60.2 Å². The van der Waals surface area contributed by atoms with Crippen molar-refractivity contribution in [2.45, 2.75) is 6.42 Å². The summed E-state index contributed by atoms with van der Waals surface area (Å²) in [4.78, 5) is 54.7. The van der Waals surface area contributed by atoms with Crippen molar-refractivity contribution in [1.82, 2.24) is 39.9 Å². The maximum Gasteiger partial charge on any atom is 0.256 e. The van der Waals surface area contributed by atoms with Gasteiger partial charge in [-0.15, -0.1) is 22.7 Å². The van der Waals surface area contributed by atoms with E-state index in [-0.39, 0.29) is 11.8 Å². The number of thiazole rings is 2. The summed E-state index contributed by atoms with van der Waals surface area (Å²) < 4.78 is 4.74. The molecule has 2 amide bonds. The van der Waals surface area contributed by atoms with Crippen LogP contribution in [0.3, 0.4) is 0 Å². The van der Waals surface area contributed by atoms with E-state index in [0.29, 0.717) is 17.9 Å². The lowest BCUT2D eigenvalue weighted by Crippen LogP contribution is -2.03. The summed E-state index contributed by atoms with van der Waals surface area (Å²) in [7, 11) is 1.59. The Morgan fingerprint density at radius 2 is 1.29 bits per heavy atom. The van der Waals surface area contributed by atoms with Crippen LogP contribution in [0.4, 0.5) is 11.4 Å². The molecule has 0 bridgehead atoms. The van der Waals surface area contributed by atoms with Gasteiger partial charge < -0.3 is 25.3 Å². The van der Waals surface area contributed by atoms with Crippen molar-refractivity contribution in [2.24, 2.45) is 0 Å². The maximum atomic E-state index is 12.4. The number of pyridine rings is 2. The van der Waals surface area contributed by atoms with Gasteiger partial charge in [-0.2, -0.15) is 0 Å². The van der Waals surface area contributed by atoms with Gasteiger partial charge in [0.25, 0.3) is 5.91 Å². The largest absolute Gasteiger partial charge is 0.481 e. The van der Waals surface area contributed by atoms with Crippen LogP contribution in [0.2, 0.25) is 0 Å². The zero-order valence-electron chi connectivity index (χ0n) is 29.1. The Kier molecular flexibility index (Phi) is 10.1. The number of aromatic nitrogens is 8. The minimum Gasteiger partial charge on any atom is -0.481 e. The molecular weight excluding hydrogens is 733 g/mol. The number of rotatable bonds is 6. The van der Waals surface area contributed by atoms with E-state index in [2.05, 4.69) is 45.5 Å². The first-order valence-corrected chi connectivity index (χ1v) is 18.6. The maximum absolute atomic E-state index is 12.4. The Morgan fingerprint density at radius 3 is 1.87 bits per heavy atom. The Hall–Kier alpha value is -7.10. The van der Waals surface area contributed by atoms with Crippen molar-refractivity contribution in [2.75, 3.05) is 17.7 Å². The smallest absolute Gasteiger partial charge is 0.256 e. The average molecular weight is 763 g/mol. The van der Waals surface area contributed by atoms with Crippen LogP contribution in [0.25, 0.3) is 55.3 Å². The lowest BCUT2D eigenvalue weighted by atomic mass is 10.0. The molecule has 0 fully saturated rings. The third kappa shape index (κ3) is 7.97. The molecule has 0 spiro atoms. The van der Waals surface area contributed by atoms with Crippen LogP contribution >= 0.6 is 22.7 Å². The summed E-state index contributed by atoms with van der Waals surface area (Å²) in [5.41, 5.74) is 11.0. The molecule has 270 valence electrons. The Balaban J connectivity index is 0.000000135. The number of hydrogen-bond acceptors (Lipinski definition) is 11. The third-order valence-corrected chi connectivity index (χ3v) is 10.3. The van der Waals surface area contributed by atoms with Gasteiger partial charge in [0.2, 0.25) is 11.8 Å². The molecule has 15 heteroatoms. The average Bonchev–Trinajstić information content (AvgIpc) is 4.09. The van der Waals surface area contributed by atoms with Crippen molar-refractivity contribution < 1.29 is 14.3 Å². The number of benzene rings is 2. The van der Waals surface area contributed by atoms with Gasteiger partial charge >= 0.3 is 0 Å². The lowest BCUT2D eigenvalue weighted by Gasteiger charge is -2.02. The topological polar surface area (TPSA) is 176 Å². The minimum atomic E-state index is -0.118. The zero-order chi connectivity index (χ0) is 37.6. The monoisotopic (exact) mass is 762 g/mol. The van der Waals surface area contributed by atoms with Gasteiger partial charge in [0.05, 0.1) is 61.2 Å². The SMILES string of the molecule is COc1cnc[nH]1.O=C1Cc2cc(-c3csc(-c4ccncc4)n3)ccc2N1.O=C1Nc2ccc(-c3csc(-c4ccncc4)n3)cc2/C1=C/c1cnc[nH]1. The Bertz CT molecular complexity index is 2600. The standard InChI is InChI=1S/C20H13N5OS.C16H11N3OS.C4H6N2O/c26-19-16(8-14-9-22-11-23-14)15-7-13(1-2-17(15)24-19)18-10-27-20(25-18)12-3-5-21-6-4-12;20-15-8-12-7-11(1-2-13(12)18-15)14-9-21-16(19-14)10-3-5-17-6-4-10;1-7-4-2-5-3-6-4/h1-11H,(H,22,23)(H,24,26);1-7,9H,8H2,(H,18,20);2-3H,1H3,(H,5,6)/b16-8-;;. The highest BCUT2D eigenvalue weighted by molar-refractivity contribution is 7.13. The molecule has 55 heavy (non-hydrogen) atoms. The van der Waals surface area contributed by atoms with Crippen LogP contribution in [0.5, 0.6) is 5.88 Å². The summed E-state index contributed by atoms with van der Waals surface area (Å²) in [6.07, 6.45) is 15.8. The quantitative estimate of drug-likeness (QED) is 0.123. The number of hydrogen-bond donors (Lipinski definition) is 4. The van der Waals surface area contributed by atoms with Crippen molar-refractivity contribution in [3.05, 3.63) is 138 Å². The number of H-pyrrole nitrogens is 2. The van der Waals surface area contributed by atoms with Crippen LogP contribution in [0, 0.1) is 0 Å². The van der Waals surface area contributed by atoms with E-state index in [1.54, 1.807) is 85.7 Å². The number of nitrogens with one attached hydrogen (secondary N) is 4. The van der Waals surface area contributed by atoms with E-state index >= 15 is 0 Å². The van der Waals surface area contributed by atoms with E-state index in [1.165, 1.54) is 0 Å². The van der Waals surface area contributed by atoms with Crippen LogP contribution in [-0.2, 0) is 16.0 Å². The number of imidazole rings is 2. The molecule has 8 heterocycles. The molecule has 4 N–H and O–H groups in total. The van der Waals surface area contributed by atoms with Crippen molar-refractivity contribution in [3.63, 3.8) is 0 Å². The second kappa shape index (κ2) is 15.9. The lowest BCUT2D eigenvalue weighted by molar-refractivity contribution is -0.115. The van der Waals surface area contributed by atoms with E-state index in [0.717, 1.165) is 71.9 Å². The predicted molar refractivity (Wildman–Crippen MR) is 214 cm³/mol. The number of methoxy groups -OCH3 is 1. The molecule has 13 nitrogen and oxygen atoms in total. The van der Waals surface area contributed by atoms with Gasteiger partial charge in [0, 0.05) is 74.7 Å². The molecule has 2 aromatic carbocycles. The molecule has 8 aromatic rings.